The van der Waals surface area contributed by atoms with Crippen molar-refractivity contribution in [2.24, 2.45) is 0 Å². The molecule has 196 valence electrons. The average Bonchev–Trinajstić information content (AvgIpc) is 2.88. The smallest absolute Gasteiger partial charge is 0.297 e. The van der Waals surface area contributed by atoms with Crippen molar-refractivity contribution in [2.75, 3.05) is 79.3 Å². The summed E-state index contributed by atoms with van der Waals surface area (Å²) in [5, 5.41) is 0. The van der Waals surface area contributed by atoms with Crippen molar-refractivity contribution in [2.45, 2.75) is 11.5 Å². The molecule has 0 radical (unpaired) electrons. The van der Waals surface area contributed by atoms with Crippen LogP contribution >= 0.6 is 0 Å². The minimum absolute atomic E-state index is 0.0482. The fourth-order valence-electron chi connectivity index (χ4n) is 2.72. The molecule has 10 heteroatoms. The summed E-state index contributed by atoms with van der Waals surface area (Å²) in [5.74, 6) is 0. The standard InChI is InChI=1S/C25H36O9S/c26-35(27,25-9-5-2-6-10-25)34-22-21-32-18-17-30-14-13-28-11-12-29-15-16-31-19-20-33-23-24-7-3-1-4-8-24/h1-10H,11-23H2. The van der Waals surface area contributed by atoms with Gasteiger partial charge in [0.1, 0.15) is 0 Å². The second-order valence-corrected chi connectivity index (χ2v) is 8.80. The Morgan fingerprint density at radius 2 is 0.829 bits per heavy atom. The molecule has 0 aromatic heterocycles. The molecule has 0 N–H and O–H groups in total. The molecule has 0 saturated heterocycles. The molecule has 0 heterocycles. The predicted octanol–water partition coefficient (Wildman–Crippen LogP) is 2.69. The van der Waals surface area contributed by atoms with Crippen molar-refractivity contribution in [3.05, 3.63) is 66.2 Å². The highest BCUT2D eigenvalue weighted by atomic mass is 32.2. The maximum atomic E-state index is 11.9. The topological polar surface area (TPSA) is 98.8 Å². The van der Waals surface area contributed by atoms with Crippen LogP contribution in [0.2, 0.25) is 0 Å². The largest absolute Gasteiger partial charge is 0.377 e. The summed E-state index contributed by atoms with van der Waals surface area (Å²) in [6, 6.07) is 18.0. The summed E-state index contributed by atoms with van der Waals surface area (Å²) in [6.45, 7) is 5.40. The quantitative estimate of drug-likeness (QED) is 0.174. The normalized spacial score (nSPS) is 11.7. The first-order chi connectivity index (χ1) is 17.2. The summed E-state index contributed by atoms with van der Waals surface area (Å²) < 4.78 is 61.3. The van der Waals surface area contributed by atoms with Gasteiger partial charge < -0.3 is 28.4 Å². The third-order valence-electron chi connectivity index (χ3n) is 4.47. The Morgan fingerprint density at radius 1 is 0.457 bits per heavy atom. The Morgan fingerprint density at radius 3 is 1.29 bits per heavy atom. The van der Waals surface area contributed by atoms with Crippen molar-refractivity contribution < 1.29 is 41.0 Å². The zero-order chi connectivity index (χ0) is 24.9. The van der Waals surface area contributed by atoms with E-state index in [2.05, 4.69) is 0 Å². The molecule has 0 aliphatic carbocycles. The molecule has 0 unspecified atom stereocenters. The second kappa shape index (κ2) is 19.3. The highest BCUT2D eigenvalue weighted by Gasteiger charge is 2.13. The fourth-order valence-corrected chi connectivity index (χ4v) is 3.64. The van der Waals surface area contributed by atoms with Crippen molar-refractivity contribution in [3.63, 3.8) is 0 Å². The number of ether oxygens (including phenoxy) is 6. The Balaban J connectivity index is 1.25. The first-order valence-corrected chi connectivity index (χ1v) is 13.0. The molecule has 2 aromatic rings. The number of rotatable bonds is 22. The zero-order valence-corrected chi connectivity index (χ0v) is 20.9. The van der Waals surface area contributed by atoms with Crippen molar-refractivity contribution in [1.82, 2.24) is 0 Å². The van der Waals surface area contributed by atoms with Crippen LogP contribution in [0.5, 0.6) is 0 Å². The molecule has 2 aromatic carbocycles. The fraction of sp³-hybridized carbons (Fsp3) is 0.520. The van der Waals surface area contributed by atoms with E-state index >= 15 is 0 Å². The van der Waals surface area contributed by atoms with E-state index in [1.165, 1.54) is 12.1 Å². The molecule has 9 nitrogen and oxygen atoms in total. The van der Waals surface area contributed by atoms with Crippen LogP contribution in [-0.4, -0.2) is 87.7 Å². The van der Waals surface area contributed by atoms with E-state index in [-0.39, 0.29) is 18.1 Å². The molecular weight excluding hydrogens is 476 g/mol. The lowest BCUT2D eigenvalue weighted by Crippen LogP contribution is -2.15. The summed E-state index contributed by atoms with van der Waals surface area (Å²) in [6.07, 6.45) is 0. The molecule has 0 spiro atoms. The van der Waals surface area contributed by atoms with Crippen molar-refractivity contribution in [1.29, 1.82) is 0 Å². The predicted molar refractivity (Wildman–Crippen MR) is 130 cm³/mol. The van der Waals surface area contributed by atoms with Gasteiger partial charge in [-0.05, 0) is 17.7 Å². The van der Waals surface area contributed by atoms with Crippen LogP contribution in [-0.2, 0) is 49.3 Å². The molecule has 0 aliphatic heterocycles. The molecule has 0 fully saturated rings. The van der Waals surface area contributed by atoms with Crippen LogP contribution in [0.15, 0.2) is 65.6 Å². The third kappa shape index (κ3) is 15.0. The Kier molecular flexibility index (Phi) is 16.2. The molecule has 2 rings (SSSR count). The van der Waals surface area contributed by atoms with Gasteiger partial charge in [-0.25, -0.2) is 0 Å². The van der Waals surface area contributed by atoms with Gasteiger partial charge in [0.05, 0.1) is 90.8 Å². The average molecular weight is 513 g/mol. The van der Waals surface area contributed by atoms with Gasteiger partial charge in [0, 0.05) is 0 Å². The van der Waals surface area contributed by atoms with E-state index in [4.69, 9.17) is 32.6 Å². The molecule has 0 aliphatic rings. The van der Waals surface area contributed by atoms with Crippen molar-refractivity contribution in [3.8, 4) is 0 Å². The maximum Gasteiger partial charge on any atom is 0.297 e. The molecule has 0 saturated carbocycles. The van der Waals surface area contributed by atoms with Gasteiger partial charge in [0.15, 0.2) is 0 Å². The minimum Gasteiger partial charge on any atom is -0.377 e. The molecule has 0 atom stereocenters. The van der Waals surface area contributed by atoms with Crippen LogP contribution < -0.4 is 0 Å². The van der Waals surface area contributed by atoms with Gasteiger partial charge in [0.25, 0.3) is 10.1 Å². The first kappa shape index (κ1) is 29.3. The summed E-state index contributed by atoms with van der Waals surface area (Å²) >= 11 is 0. The van der Waals surface area contributed by atoms with Crippen LogP contribution in [0.3, 0.4) is 0 Å². The third-order valence-corrected chi connectivity index (χ3v) is 5.80. The Bertz CT molecular complexity index is 848. The van der Waals surface area contributed by atoms with Gasteiger partial charge >= 0.3 is 0 Å². The molecule has 0 bridgehead atoms. The summed E-state index contributed by atoms with van der Waals surface area (Å²) in [7, 11) is -3.74. The Labute approximate surface area is 208 Å². The van der Waals surface area contributed by atoms with E-state index in [1.54, 1.807) is 18.2 Å². The SMILES string of the molecule is O=S(=O)(OCCOCCOCCOCCOCCOCCOCc1ccccc1)c1ccccc1. The van der Waals surface area contributed by atoms with E-state index in [9.17, 15) is 8.42 Å². The van der Waals surface area contributed by atoms with Crippen LogP contribution in [0, 0.1) is 0 Å². The lowest BCUT2D eigenvalue weighted by atomic mass is 10.2. The van der Waals surface area contributed by atoms with E-state index in [1.807, 2.05) is 30.3 Å². The van der Waals surface area contributed by atoms with Crippen molar-refractivity contribution >= 4 is 10.1 Å². The summed E-state index contributed by atoms with van der Waals surface area (Å²) in [5.41, 5.74) is 1.15. The molecular formula is C25H36O9S. The Hall–Kier alpha value is -1.89. The van der Waals surface area contributed by atoms with Crippen LogP contribution in [0.1, 0.15) is 5.56 Å². The highest BCUT2D eigenvalue weighted by molar-refractivity contribution is 7.86. The highest BCUT2D eigenvalue weighted by Crippen LogP contribution is 2.10. The number of hydrogen-bond donors (Lipinski definition) is 0. The number of benzene rings is 2. The minimum atomic E-state index is -3.74. The molecule has 0 amide bonds. The van der Waals surface area contributed by atoms with Crippen LogP contribution in [0.25, 0.3) is 0 Å². The van der Waals surface area contributed by atoms with E-state index < -0.39 is 10.1 Å². The van der Waals surface area contributed by atoms with E-state index in [0.717, 1.165) is 5.56 Å². The van der Waals surface area contributed by atoms with Gasteiger partial charge in [-0.1, -0.05) is 48.5 Å². The lowest BCUT2D eigenvalue weighted by Gasteiger charge is -2.08. The van der Waals surface area contributed by atoms with Gasteiger partial charge in [-0.2, -0.15) is 8.42 Å². The van der Waals surface area contributed by atoms with Crippen LogP contribution in [0.4, 0.5) is 0 Å². The first-order valence-electron chi connectivity index (χ1n) is 11.6. The lowest BCUT2D eigenvalue weighted by molar-refractivity contribution is -0.0186. The molecule has 35 heavy (non-hydrogen) atoms. The number of hydrogen-bond acceptors (Lipinski definition) is 9. The second-order valence-electron chi connectivity index (χ2n) is 7.19. The monoisotopic (exact) mass is 512 g/mol. The maximum absolute atomic E-state index is 11.9. The van der Waals surface area contributed by atoms with Gasteiger partial charge in [-0.15, -0.1) is 0 Å². The van der Waals surface area contributed by atoms with Gasteiger partial charge in [-0.3, -0.25) is 4.18 Å². The van der Waals surface area contributed by atoms with E-state index in [0.29, 0.717) is 72.7 Å². The zero-order valence-electron chi connectivity index (χ0n) is 20.0. The van der Waals surface area contributed by atoms with Gasteiger partial charge in [0.2, 0.25) is 0 Å². The summed E-state index contributed by atoms with van der Waals surface area (Å²) in [4.78, 5) is 0.127.